The van der Waals surface area contributed by atoms with E-state index in [0.29, 0.717) is 5.88 Å². The summed E-state index contributed by atoms with van der Waals surface area (Å²) in [7, 11) is 0. The van der Waals surface area contributed by atoms with Crippen LogP contribution in [0, 0.1) is 0 Å². The third-order valence-electron chi connectivity index (χ3n) is 0.421. The van der Waals surface area contributed by atoms with Crippen molar-refractivity contribution < 1.29 is 0 Å². The predicted octanol–water partition coefficient (Wildman–Crippen LogP) is 2.64. The van der Waals surface area contributed by atoms with E-state index >= 15 is 0 Å². The van der Waals surface area contributed by atoms with Gasteiger partial charge in [-0.1, -0.05) is 0 Å². The van der Waals surface area contributed by atoms with Crippen molar-refractivity contribution in [2.75, 3.05) is 5.88 Å². The molecule has 0 spiro atoms. The van der Waals surface area contributed by atoms with Gasteiger partial charge >= 0.3 is 0 Å². The van der Waals surface area contributed by atoms with Crippen LogP contribution in [0.1, 0.15) is 0 Å². The predicted molar refractivity (Wildman–Crippen MR) is 35.9 cm³/mol. The summed E-state index contributed by atoms with van der Waals surface area (Å²) in [6.45, 7) is 0. The maximum Gasteiger partial charge on any atom is 0.125 e. The monoisotopic (exact) mass is 180 g/mol. The molecule has 0 aliphatic heterocycles. The fraction of sp³-hybridized carbons (Fsp3) is 1.00. The SMILES string of the molecule is ClCC(Cl)C(Cl)Cl. The number of hydrogen-bond donors (Lipinski definition) is 0. The number of halogens is 4. The van der Waals surface area contributed by atoms with Crippen LogP contribution in [-0.4, -0.2) is 16.1 Å². The van der Waals surface area contributed by atoms with Crippen LogP contribution in [0.3, 0.4) is 0 Å². The highest BCUT2D eigenvalue weighted by atomic mass is 35.5. The molecule has 0 aromatic heterocycles. The lowest BCUT2D eigenvalue weighted by Gasteiger charge is -2.02. The van der Waals surface area contributed by atoms with Crippen molar-refractivity contribution in [2.45, 2.75) is 10.2 Å². The standard InChI is InChI=1S/C3H4Cl4/c4-1-2(5)3(6)7/h2-3H,1H2. The molecular weight excluding hydrogens is 178 g/mol. The Morgan fingerprint density at radius 1 is 1.14 bits per heavy atom. The van der Waals surface area contributed by atoms with Gasteiger partial charge in [0.25, 0.3) is 0 Å². The van der Waals surface area contributed by atoms with Gasteiger partial charge in [-0.25, -0.2) is 0 Å². The van der Waals surface area contributed by atoms with Crippen LogP contribution in [0.2, 0.25) is 0 Å². The quantitative estimate of drug-likeness (QED) is 0.575. The summed E-state index contributed by atoms with van der Waals surface area (Å²) in [6, 6.07) is 0. The van der Waals surface area contributed by atoms with Crippen molar-refractivity contribution >= 4 is 46.4 Å². The summed E-state index contributed by atoms with van der Waals surface area (Å²) < 4.78 is 0. The Balaban J connectivity index is 3.14. The van der Waals surface area contributed by atoms with E-state index in [1.807, 2.05) is 0 Å². The molecule has 44 valence electrons. The van der Waals surface area contributed by atoms with E-state index in [0.717, 1.165) is 0 Å². The van der Waals surface area contributed by atoms with Gasteiger partial charge in [0.15, 0.2) is 0 Å². The lowest BCUT2D eigenvalue weighted by Crippen LogP contribution is -2.08. The molecular formula is C3H4Cl4. The topological polar surface area (TPSA) is 0 Å². The molecule has 0 bridgehead atoms. The molecule has 0 saturated carbocycles. The van der Waals surface area contributed by atoms with Gasteiger partial charge < -0.3 is 0 Å². The van der Waals surface area contributed by atoms with E-state index in [1.165, 1.54) is 0 Å². The molecule has 4 heteroatoms. The van der Waals surface area contributed by atoms with Crippen LogP contribution in [0.5, 0.6) is 0 Å². The average molecular weight is 182 g/mol. The molecule has 7 heavy (non-hydrogen) atoms. The van der Waals surface area contributed by atoms with E-state index in [9.17, 15) is 0 Å². The average Bonchev–Trinajstić information content (AvgIpc) is 1.65. The van der Waals surface area contributed by atoms with E-state index < -0.39 is 4.84 Å². The van der Waals surface area contributed by atoms with Crippen molar-refractivity contribution in [2.24, 2.45) is 0 Å². The van der Waals surface area contributed by atoms with Crippen molar-refractivity contribution in [3.63, 3.8) is 0 Å². The van der Waals surface area contributed by atoms with Crippen molar-refractivity contribution in [1.82, 2.24) is 0 Å². The summed E-state index contributed by atoms with van der Waals surface area (Å²) in [5.74, 6) is 0.291. The maximum absolute atomic E-state index is 5.40. The molecule has 1 unspecified atom stereocenters. The zero-order chi connectivity index (χ0) is 5.86. The molecule has 0 aliphatic carbocycles. The van der Waals surface area contributed by atoms with Gasteiger partial charge in [-0.2, -0.15) is 0 Å². The minimum absolute atomic E-state index is 0.291. The van der Waals surface area contributed by atoms with Crippen molar-refractivity contribution in [3.8, 4) is 0 Å². The zero-order valence-electron chi connectivity index (χ0n) is 3.37. The highest BCUT2D eigenvalue weighted by molar-refractivity contribution is 6.49. The summed E-state index contributed by atoms with van der Waals surface area (Å²) in [5, 5.41) is -0.329. The van der Waals surface area contributed by atoms with Crippen LogP contribution in [0.25, 0.3) is 0 Å². The van der Waals surface area contributed by atoms with E-state index in [-0.39, 0.29) is 5.38 Å². The first kappa shape index (κ1) is 8.16. The number of hydrogen-bond acceptors (Lipinski definition) is 0. The van der Waals surface area contributed by atoms with E-state index in [2.05, 4.69) is 0 Å². The molecule has 0 N–H and O–H groups in total. The van der Waals surface area contributed by atoms with Gasteiger partial charge in [0.2, 0.25) is 0 Å². The van der Waals surface area contributed by atoms with Gasteiger partial charge in [0, 0.05) is 5.88 Å². The fourth-order valence-electron chi connectivity index (χ4n) is 0.0673. The first-order valence-electron chi connectivity index (χ1n) is 1.66. The molecule has 0 saturated heterocycles. The minimum atomic E-state index is -0.556. The Hall–Kier alpha value is 1.16. The van der Waals surface area contributed by atoms with Crippen molar-refractivity contribution in [1.29, 1.82) is 0 Å². The smallest absolute Gasteiger partial charge is 0.125 e. The van der Waals surface area contributed by atoms with Crippen LogP contribution < -0.4 is 0 Å². The molecule has 0 aromatic rings. The van der Waals surface area contributed by atoms with Crippen LogP contribution >= 0.6 is 46.4 Å². The summed E-state index contributed by atoms with van der Waals surface area (Å²) in [6.07, 6.45) is 0. The zero-order valence-corrected chi connectivity index (χ0v) is 6.40. The molecule has 0 aromatic carbocycles. The molecule has 0 nitrogen and oxygen atoms in total. The van der Waals surface area contributed by atoms with Crippen LogP contribution in [0.15, 0.2) is 0 Å². The lowest BCUT2D eigenvalue weighted by molar-refractivity contribution is 1.06. The molecule has 0 aliphatic rings. The highest BCUT2D eigenvalue weighted by Gasteiger charge is 2.10. The molecule has 0 rings (SSSR count). The normalized spacial score (nSPS) is 15.0. The van der Waals surface area contributed by atoms with Crippen LogP contribution in [0.4, 0.5) is 0 Å². The van der Waals surface area contributed by atoms with Crippen LogP contribution in [-0.2, 0) is 0 Å². The van der Waals surface area contributed by atoms with Gasteiger partial charge in [0.1, 0.15) is 4.84 Å². The second-order valence-corrected chi connectivity index (χ2v) is 3.04. The second-order valence-electron chi connectivity index (χ2n) is 1.00. The third kappa shape index (κ3) is 3.72. The number of rotatable bonds is 2. The minimum Gasteiger partial charge on any atom is -0.125 e. The van der Waals surface area contributed by atoms with E-state index in [1.54, 1.807) is 0 Å². The molecule has 0 fully saturated rings. The van der Waals surface area contributed by atoms with Gasteiger partial charge in [-0.3, -0.25) is 0 Å². The maximum atomic E-state index is 5.40. The van der Waals surface area contributed by atoms with E-state index in [4.69, 9.17) is 46.4 Å². The molecule has 1 atom stereocenters. The Morgan fingerprint density at radius 2 is 1.57 bits per heavy atom. The first-order chi connectivity index (χ1) is 3.18. The van der Waals surface area contributed by atoms with Gasteiger partial charge in [0.05, 0.1) is 5.38 Å². The summed E-state index contributed by atoms with van der Waals surface area (Å²) >= 11 is 21.2. The second kappa shape index (κ2) is 4.08. The lowest BCUT2D eigenvalue weighted by atomic mass is 10.5. The molecule has 0 heterocycles. The first-order valence-corrected chi connectivity index (χ1v) is 3.51. The summed E-state index contributed by atoms with van der Waals surface area (Å²) in [5.41, 5.74) is 0. The Bertz CT molecular complexity index is 44.2. The van der Waals surface area contributed by atoms with Crippen molar-refractivity contribution in [3.05, 3.63) is 0 Å². The largest absolute Gasteiger partial charge is 0.125 e. The van der Waals surface area contributed by atoms with Gasteiger partial charge in [-0.15, -0.1) is 46.4 Å². The molecule has 0 radical (unpaired) electrons. The Labute approximate surface area is 62.7 Å². The molecule has 0 amide bonds. The Morgan fingerprint density at radius 3 is 1.57 bits per heavy atom. The third-order valence-corrected chi connectivity index (χ3v) is 2.18. The Kier molecular flexibility index (Phi) is 4.76. The fourth-order valence-corrected chi connectivity index (χ4v) is 0.606. The summed E-state index contributed by atoms with van der Waals surface area (Å²) in [4.78, 5) is -0.556. The highest BCUT2D eigenvalue weighted by Crippen LogP contribution is 2.14. The number of alkyl halides is 4. The van der Waals surface area contributed by atoms with Gasteiger partial charge in [-0.05, 0) is 0 Å².